The van der Waals surface area contributed by atoms with Crippen molar-refractivity contribution in [1.82, 2.24) is 0 Å². The molecule has 0 saturated carbocycles. The van der Waals surface area contributed by atoms with Gasteiger partial charge in [-0.3, -0.25) is 0 Å². The van der Waals surface area contributed by atoms with Crippen LogP contribution in [0.2, 0.25) is 0 Å². The van der Waals surface area contributed by atoms with Crippen molar-refractivity contribution in [3.8, 4) is 5.75 Å². The fourth-order valence-electron chi connectivity index (χ4n) is 0.914. The Kier molecular flexibility index (Phi) is 4.63. The van der Waals surface area contributed by atoms with E-state index < -0.39 is 12.1 Å². The first-order chi connectivity index (χ1) is 7.18. The maximum atomic E-state index is 11.1. The maximum absolute atomic E-state index is 11.1. The molecule has 15 heavy (non-hydrogen) atoms. The SMILES string of the molecule is CC(O)COC(=O)COc1ccccc1. The lowest BCUT2D eigenvalue weighted by Gasteiger charge is -2.07. The van der Waals surface area contributed by atoms with Gasteiger partial charge in [0.2, 0.25) is 0 Å². The van der Waals surface area contributed by atoms with Crippen molar-refractivity contribution in [3.05, 3.63) is 30.3 Å². The largest absolute Gasteiger partial charge is 0.482 e. The first kappa shape index (κ1) is 11.5. The minimum atomic E-state index is -0.648. The quantitative estimate of drug-likeness (QED) is 0.736. The molecule has 0 aliphatic heterocycles. The molecule has 1 aromatic rings. The van der Waals surface area contributed by atoms with Gasteiger partial charge in [-0.2, -0.15) is 0 Å². The third kappa shape index (κ3) is 5.02. The Morgan fingerprint density at radius 2 is 2.07 bits per heavy atom. The minimum absolute atomic E-state index is 0.00299. The van der Waals surface area contributed by atoms with Crippen LogP contribution in [-0.4, -0.2) is 30.4 Å². The molecule has 1 aromatic carbocycles. The average Bonchev–Trinajstić information content (AvgIpc) is 2.25. The number of hydrogen-bond donors (Lipinski definition) is 1. The van der Waals surface area contributed by atoms with Crippen LogP contribution in [0.1, 0.15) is 6.92 Å². The second-order valence-electron chi connectivity index (χ2n) is 3.13. The maximum Gasteiger partial charge on any atom is 0.344 e. The van der Waals surface area contributed by atoms with Gasteiger partial charge < -0.3 is 14.6 Å². The Bertz CT molecular complexity index is 295. The van der Waals surface area contributed by atoms with E-state index in [9.17, 15) is 4.79 Å². The molecule has 0 radical (unpaired) electrons. The van der Waals surface area contributed by atoms with Crippen molar-refractivity contribution in [2.75, 3.05) is 13.2 Å². The number of para-hydroxylation sites is 1. The Balaban J connectivity index is 2.23. The minimum Gasteiger partial charge on any atom is -0.482 e. The summed E-state index contributed by atoms with van der Waals surface area (Å²) in [5, 5.41) is 8.87. The smallest absolute Gasteiger partial charge is 0.344 e. The normalized spacial score (nSPS) is 11.9. The molecule has 82 valence electrons. The molecular weight excluding hydrogens is 196 g/mol. The van der Waals surface area contributed by atoms with Gasteiger partial charge in [0.25, 0.3) is 0 Å². The van der Waals surface area contributed by atoms with E-state index in [0.717, 1.165) is 0 Å². The average molecular weight is 210 g/mol. The second kappa shape index (κ2) is 6.03. The predicted molar refractivity (Wildman–Crippen MR) is 54.6 cm³/mol. The van der Waals surface area contributed by atoms with Crippen molar-refractivity contribution < 1.29 is 19.4 Å². The summed E-state index contributed by atoms with van der Waals surface area (Å²) in [5.41, 5.74) is 0. The number of hydrogen-bond acceptors (Lipinski definition) is 4. The fraction of sp³-hybridized carbons (Fsp3) is 0.364. The summed E-state index contributed by atoms with van der Waals surface area (Å²) in [6.07, 6.45) is -0.648. The third-order valence-corrected chi connectivity index (χ3v) is 1.59. The fourth-order valence-corrected chi connectivity index (χ4v) is 0.914. The highest BCUT2D eigenvalue weighted by molar-refractivity contribution is 5.71. The van der Waals surface area contributed by atoms with Gasteiger partial charge in [-0.15, -0.1) is 0 Å². The molecule has 0 amide bonds. The number of aliphatic hydroxyl groups is 1. The summed E-state index contributed by atoms with van der Waals surface area (Å²) in [6.45, 7) is 1.40. The van der Waals surface area contributed by atoms with Crippen LogP contribution in [0.5, 0.6) is 5.75 Å². The Labute approximate surface area is 88.4 Å². The van der Waals surface area contributed by atoms with Gasteiger partial charge in [0.05, 0.1) is 6.10 Å². The number of ether oxygens (including phenoxy) is 2. The lowest BCUT2D eigenvalue weighted by molar-refractivity contribution is -0.148. The zero-order valence-electron chi connectivity index (χ0n) is 8.55. The molecule has 4 nitrogen and oxygen atoms in total. The molecule has 0 aliphatic carbocycles. The van der Waals surface area contributed by atoms with E-state index in [2.05, 4.69) is 0 Å². The highest BCUT2D eigenvalue weighted by atomic mass is 16.6. The van der Waals surface area contributed by atoms with Crippen LogP contribution in [0.25, 0.3) is 0 Å². The molecule has 0 aliphatic rings. The second-order valence-corrected chi connectivity index (χ2v) is 3.13. The summed E-state index contributed by atoms with van der Waals surface area (Å²) in [4.78, 5) is 11.1. The van der Waals surface area contributed by atoms with Crippen LogP contribution in [0, 0.1) is 0 Å². The number of benzene rings is 1. The monoisotopic (exact) mass is 210 g/mol. The van der Waals surface area contributed by atoms with Gasteiger partial charge in [0.1, 0.15) is 12.4 Å². The van der Waals surface area contributed by atoms with Crippen LogP contribution in [0.4, 0.5) is 0 Å². The van der Waals surface area contributed by atoms with E-state index in [1.807, 2.05) is 18.2 Å². The number of aliphatic hydroxyl groups excluding tert-OH is 1. The summed E-state index contributed by atoms with van der Waals surface area (Å²) in [5.74, 6) is 0.131. The van der Waals surface area contributed by atoms with Gasteiger partial charge in [0, 0.05) is 0 Å². The lowest BCUT2D eigenvalue weighted by Crippen LogP contribution is -2.20. The van der Waals surface area contributed by atoms with E-state index in [0.29, 0.717) is 5.75 Å². The number of carbonyl (C=O) groups is 1. The zero-order valence-corrected chi connectivity index (χ0v) is 8.55. The topological polar surface area (TPSA) is 55.8 Å². The van der Waals surface area contributed by atoms with E-state index in [4.69, 9.17) is 14.6 Å². The lowest BCUT2D eigenvalue weighted by atomic mass is 10.3. The molecule has 4 heteroatoms. The highest BCUT2D eigenvalue weighted by Crippen LogP contribution is 2.07. The third-order valence-electron chi connectivity index (χ3n) is 1.59. The van der Waals surface area contributed by atoms with Crippen LogP contribution in [-0.2, 0) is 9.53 Å². The molecule has 0 heterocycles. The van der Waals surface area contributed by atoms with E-state index in [-0.39, 0.29) is 13.2 Å². The highest BCUT2D eigenvalue weighted by Gasteiger charge is 2.05. The molecule has 1 atom stereocenters. The van der Waals surface area contributed by atoms with Gasteiger partial charge >= 0.3 is 5.97 Å². The Hall–Kier alpha value is -1.55. The van der Waals surface area contributed by atoms with Crippen molar-refractivity contribution in [3.63, 3.8) is 0 Å². The van der Waals surface area contributed by atoms with Crippen molar-refractivity contribution >= 4 is 5.97 Å². The van der Waals surface area contributed by atoms with Crippen LogP contribution in [0.15, 0.2) is 30.3 Å². The Morgan fingerprint density at radius 3 is 2.67 bits per heavy atom. The van der Waals surface area contributed by atoms with Crippen LogP contribution < -0.4 is 4.74 Å². The van der Waals surface area contributed by atoms with E-state index in [1.165, 1.54) is 0 Å². The first-order valence-electron chi connectivity index (χ1n) is 4.70. The number of carbonyl (C=O) groups excluding carboxylic acids is 1. The van der Waals surface area contributed by atoms with Crippen molar-refractivity contribution in [2.45, 2.75) is 13.0 Å². The van der Waals surface area contributed by atoms with Gasteiger partial charge in [-0.1, -0.05) is 18.2 Å². The Morgan fingerprint density at radius 1 is 1.40 bits per heavy atom. The zero-order chi connectivity index (χ0) is 11.1. The van der Waals surface area contributed by atoms with Crippen molar-refractivity contribution in [1.29, 1.82) is 0 Å². The van der Waals surface area contributed by atoms with Gasteiger partial charge in [-0.25, -0.2) is 4.79 Å². The summed E-state index contributed by atoms with van der Waals surface area (Å²) in [6, 6.07) is 9.00. The molecule has 0 fully saturated rings. The molecular formula is C11H14O4. The molecule has 0 bridgehead atoms. The number of esters is 1. The van der Waals surface area contributed by atoms with Gasteiger partial charge in [0.15, 0.2) is 6.61 Å². The van der Waals surface area contributed by atoms with Crippen LogP contribution in [0.3, 0.4) is 0 Å². The van der Waals surface area contributed by atoms with Gasteiger partial charge in [-0.05, 0) is 19.1 Å². The standard InChI is InChI=1S/C11H14O4/c1-9(12)7-15-11(13)8-14-10-5-3-2-4-6-10/h2-6,9,12H,7-8H2,1H3. The van der Waals surface area contributed by atoms with E-state index in [1.54, 1.807) is 19.1 Å². The summed E-state index contributed by atoms with van der Waals surface area (Å²) < 4.78 is 9.86. The molecule has 1 unspecified atom stereocenters. The van der Waals surface area contributed by atoms with E-state index >= 15 is 0 Å². The van der Waals surface area contributed by atoms with Crippen molar-refractivity contribution in [2.24, 2.45) is 0 Å². The summed E-state index contributed by atoms with van der Waals surface area (Å²) in [7, 11) is 0. The molecule has 1 rings (SSSR count). The first-order valence-corrected chi connectivity index (χ1v) is 4.70. The summed E-state index contributed by atoms with van der Waals surface area (Å²) >= 11 is 0. The van der Waals surface area contributed by atoms with Crippen LogP contribution >= 0.6 is 0 Å². The number of rotatable bonds is 5. The molecule has 1 N–H and O–H groups in total. The molecule has 0 saturated heterocycles. The molecule has 0 aromatic heterocycles. The predicted octanol–water partition coefficient (Wildman–Crippen LogP) is 0.989. The molecule has 0 spiro atoms.